The van der Waals surface area contributed by atoms with Crippen LogP contribution in [0.2, 0.25) is 0 Å². The smallest absolute Gasteiger partial charge is 0.236 e. The number of carbonyl (C=O) groups is 1. The molecule has 1 aromatic heterocycles. The van der Waals surface area contributed by atoms with Crippen molar-refractivity contribution in [2.24, 2.45) is 0 Å². The minimum absolute atomic E-state index is 0.00704. The first-order chi connectivity index (χ1) is 10.9. The number of rotatable bonds is 6. The third-order valence-electron chi connectivity index (χ3n) is 3.95. The molecule has 2 aromatic rings. The number of benzene rings is 1. The van der Waals surface area contributed by atoms with Gasteiger partial charge >= 0.3 is 0 Å². The van der Waals surface area contributed by atoms with Crippen LogP contribution in [-0.4, -0.2) is 36.3 Å². The van der Waals surface area contributed by atoms with E-state index in [-0.39, 0.29) is 17.8 Å². The molecule has 0 bridgehead atoms. The zero-order valence-electron chi connectivity index (χ0n) is 14.0. The molecule has 23 heavy (non-hydrogen) atoms. The predicted molar refractivity (Wildman–Crippen MR) is 87.4 cm³/mol. The number of halogens is 1. The molecule has 1 atom stereocenters. The zero-order chi connectivity index (χ0) is 17.0. The maximum Gasteiger partial charge on any atom is 0.236 e. The fourth-order valence-electron chi connectivity index (χ4n) is 2.42. The summed E-state index contributed by atoms with van der Waals surface area (Å²) in [5.74, 6) is 1.44. The minimum Gasteiger partial charge on any atom is -0.465 e. The van der Waals surface area contributed by atoms with E-state index < -0.39 is 0 Å². The van der Waals surface area contributed by atoms with E-state index in [1.54, 1.807) is 24.1 Å². The van der Waals surface area contributed by atoms with E-state index in [4.69, 9.17) is 4.42 Å². The quantitative estimate of drug-likeness (QED) is 0.819. The summed E-state index contributed by atoms with van der Waals surface area (Å²) in [5, 5.41) is 0. The highest BCUT2D eigenvalue weighted by atomic mass is 19.1. The molecule has 0 aliphatic heterocycles. The van der Waals surface area contributed by atoms with Crippen LogP contribution >= 0.6 is 0 Å². The Morgan fingerprint density at radius 3 is 2.39 bits per heavy atom. The van der Waals surface area contributed by atoms with Crippen LogP contribution in [0.5, 0.6) is 0 Å². The highest BCUT2D eigenvalue weighted by Gasteiger charge is 2.19. The molecule has 1 aromatic carbocycles. The van der Waals surface area contributed by atoms with Gasteiger partial charge in [-0.05, 0) is 50.7 Å². The molecule has 4 nitrogen and oxygen atoms in total. The molecule has 0 fully saturated rings. The second kappa shape index (κ2) is 7.42. The van der Waals surface area contributed by atoms with E-state index in [2.05, 4.69) is 0 Å². The fraction of sp³-hybridized carbons (Fsp3) is 0.389. The van der Waals surface area contributed by atoms with Crippen LogP contribution in [0.4, 0.5) is 4.39 Å². The van der Waals surface area contributed by atoms with Gasteiger partial charge in [0.25, 0.3) is 0 Å². The highest BCUT2D eigenvalue weighted by molar-refractivity contribution is 5.78. The van der Waals surface area contributed by atoms with E-state index >= 15 is 0 Å². The van der Waals surface area contributed by atoms with Gasteiger partial charge in [0.15, 0.2) is 0 Å². The molecule has 5 heteroatoms. The van der Waals surface area contributed by atoms with Gasteiger partial charge in [-0.3, -0.25) is 9.69 Å². The van der Waals surface area contributed by atoms with Crippen LogP contribution in [0.1, 0.15) is 30.0 Å². The van der Waals surface area contributed by atoms with Crippen LogP contribution in [0, 0.1) is 12.7 Å². The maximum atomic E-state index is 13.0. The summed E-state index contributed by atoms with van der Waals surface area (Å²) in [6.45, 7) is 4.70. The van der Waals surface area contributed by atoms with Gasteiger partial charge in [0, 0.05) is 7.05 Å². The number of aryl methyl sites for hydroxylation is 1. The van der Waals surface area contributed by atoms with E-state index in [9.17, 15) is 9.18 Å². The molecular formula is C18H23FN2O2. The van der Waals surface area contributed by atoms with Crippen LogP contribution in [0.15, 0.2) is 40.8 Å². The molecule has 2 rings (SSSR count). The summed E-state index contributed by atoms with van der Waals surface area (Å²) < 4.78 is 18.5. The molecule has 0 N–H and O–H groups in total. The number of nitrogens with zero attached hydrogens (tertiary/aromatic N) is 2. The Morgan fingerprint density at radius 1 is 1.17 bits per heavy atom. The summed E-state index contributed by atoms with van der Waals surface area (Å²) in [6.07, 6.45) is 0. The molecule has 124 valence electrons. The summed E-state index contributed by atoms with van der Waals surface area (Å²) in [5.41, 5.74) is 0.909. The lowest BCUT2D eigenvalue weighted by molar-refractivity contribution is -0.132. The Labute approximate surface area is 136 Å². The van der Waals surface area contributed by atoms with Gasteiger partial charge in [-0.25, -0.2) is 4.39 Å². The number of amides is 1. The monoisotopic (exact) mass is 318 g/mol. The van der Waals surface area contributed by atoms with Gasteiger partial charge in [0.2, 0.25) is 5.91 Å². The standard InChI is InChI=1S/C18H23FN2O2/c1-13-5-10-17(23-13)11-20(3)12-18(22)21(4)14(2)15-6-8-16(19)9-7-15/h5-10,14H,11-12H2,1-4H3. The van der Waals surface area contributed by atoms with Crippen molar-refractivity contribution in [3.63, 3.8) is 0 Å². The molecule has 0 saturated heterocycles. The molecule has 0 aliphatic rings. The number of hydrogen-bond donors (Lipinski definition) is 0. The normalized spacial score (nSPS) is 12.4. The zero-order valence-corrected chi connectivity index (χ0v) is 14.0. The van der Waals surface area contributed by atoms with E-state index in [0.29, 0.717) is 13.1 Å². The highest BCUT2D eigenvalue weighted by Crippen LogP contribution is 2.19. The molecular weight excluding hydrogens is 295 g/mol. The minimum atomic E-state index is -0.275. The first-order valence-electron chi connectivity index (χ1n) is 7.62. The molecule has 1 amide bonds. The SMILES string of the molecule is Cc1ccc(CN(C)CC(=O)N(C)C(C)c2ccc(F)cc2)o1. The topological polar surface area (TPSA) is 36.7 Å². The number of hydrogen-bond acceptors (Lipinski definition) is 3. The van der Waals surface area contributed by atoms with Crippen LogP contribution in [0.25, 0.3) is 0 Å². The Morgan fingerprint density at radius 2 is 1.83 bits per heavy atom. The van der Waals surface area contributed by atoms with Crippen molar-refractivity contribution in [1.82, 2.24) is 9.80 Å². The number of likely N-dealkylation sites (N-methyl/N-ethyl adjacent to an activating group) is 2. The molecule has 1 heterocycles. The van der Waals surface area contributed by atoms with Crippen molar-refractivity contribution < 1.29 is 13.6 Å². The lowest BCUT2D eigenvalue weighted by atomic mass is 10.1. The molecule has 1 unspecified atom stereocenters. The van der Waals surface area contributed by atoms with Gasteiger partial charge in [0.1, 0.15) is 17.3 Å². The van der Waals surface area contributed by atoms with Crippen LogP contribution in [-0.2, 0) is 11.3 Å². The third-order valence-corrected chi connectivity index (χ3v) is 3.95. The second-order valence-electron chi connectivity index (χ2n) is 5.92. The Balaban J connectivity index is 1.92. The fourth-order valence-corrected chi connectivity index (χ4v) is 2.42. The Kier molecular flexibility index (Phi) is 5.55. The van der Waals surface area contributed by atoms with Crippen molar-refractivity contribution in [2.75, 3.05) is 20.6 Å². The predicted octanol–water partition coefficient (Wildman–Crippen LogP) is 3.38. The van der Waals surface area contributed by atoms with Crippen LogP contribution < -0.4 is 0 Å². The largest absolute Gasteiger partial charge is 0.465 e. The first-order valence-corrected chi connectivity index (χ1v) is 7.62. The van der Waals surface area contributed by atoms with Crippen molar-refractivity contribution in [3.05, 3.63) is 59.3 Å². The number of furan rings is 1. The third kappa shape index (κ3) is 4.66. The lowest BCUT2D eigenvalue weighted by Gasteiger charge is -2.27. The second-order valence-corrected chi connectivity index (χ2v) is 5.92. The van der Waals surface area contributed by atoms with Crippen LogP contribution in [0.3, 0.4) is 0 Å². The van der Waals surface area contributed by atoms with Crippen molar-refractivity contribution in [2.45, 2.75) is 26.4 Å². The van der Waals surface area contributed by atoms with Gasteiger partial charge in [-0.1, -0.05) is 12.1 Å². The molecule has 0 radical (unpaired) electrons. The van der Waals surface area contributed by atoms with Gasteiger partial charge < -0.3 is 9.32 Å². The lowest BCUT2D eigenvalue weighted by Crippen LogP contribution is -2.37. The van der Waals surface area contributed by atoms with Gasteiger partial charge in [-0.15, -0.1) is 0 Å². The van der Waals surface area contributed by atoms with E-state index in [0.717, 1.165) is 17.1 Å². The molecule has 0 spiro atoms. The summed E-state index contributed by atoms with van der Waals surface area (Å²) in [7, 11) is 3.65. The first kappa shape index (κ1) is 17.2. The Bertz CT molecular complexity index is 651. The average molecular weight is 318 g/mol. The summed E-state index contributed by atoms with van der Waals surface area (Å²) >= 11 is 0. The van der Waals surface area contributed by atoms with E-state index in [1.165, 1.54) is 12.1 Å². The van der Waals surface area contributed by atoms with Crippen molar-refractivity contribution in [3.8, 4) is 0 Å². The average Bonchev–Trinajstić information content (AvgIpc) is 2.91. The maximum absolute atomic E-state index is 13.0. The Hall–Kier alpha value is -2.14. The van der Waals surface area contributed by atoms with Gasteiger partial charge in [-0.2, -0.15) is 0 Å². The van der Waals surface area contributed by atoms with E-state index in [1.807, 2.05) is 37.9 Å². The number of carbonyl (C=O) groups excluding carboxylic acids is 1. The van der Waals surface area contributed by atoms with Crippen molar-refractivity contribution in [1.29, 1.82) is 0 Å². The molecule has 0 aliphatic carbocycles. The molecule has 0 saturated carbocycles. The summed E-state index contributed by atoms with van der Waals surface area (Å²) in [6, 6.07) is 9.96. The summed E-state index contributed by atoms with van der Waals surface area (Å²) in [4.78, 5) is 16.0. The van der Waals surface area contributed by atoms with Gasteiger partial charge in [0.05, 0.1) is 19.1 Å². The van der Waals surface area contributed by atoms with Crippen molar-refractivity contribution >= 4 is 5.91 Å².